The van der Waals surface area contributed by atoms with Gasteiger partial charge in [-0.2, -0.15) is 0 Å². The lowest BCUT2D eigenvalue weighted by Gasteiger charge is -2.34. The van der Waals surface area contributed by atoms with Crippen LogP contribution in [0, 0.1) is 0 Å². The maximum absolute atomic E-state index is 5.55. The summed E-state index contributed by atoms with van der Waals surface area (Å²) in [6.07, 6.45) is 3.96. The van der Waals surface area contributed by atoms with Crippen molar-refractivity contribution in [3.63, 3.8) is 0 Å². The summed E-state index contributed by atoms with van der Waals surface area (Å²) in [7, 11) is 2.10. The Kier molecular flexibility index (Phi) is 1.92. The second-order valence-corrected chi connectivity index (χ2v) is 4.09. The van der Waals surface area contributed by atoms with Crippen molar-refractivity contribution in [1.82, 2.24) is 4.98 Å². The summed E-state index contributed by atoms with van der Waals surface area (Å²) in [5.41, 5.74) is 5.55. The van der Waals surface area contributed by atoms with E-state index in [1.54, 1.807) is 11.3 Å². The summed E-state index contributed by atoms with van der Waals surface area (Å²) in [6.45, 7) is 0. The molecule has 0 radical (unpaired) electrons. The Hall–Kier alpha value is -0.770. The van der Waals surface area contributed by atoms with Gasteiger partial charge in [0.05, 0.1) is 0 Å². The van der Waals surface area contributed by atoms with Crippen LogP contribution in [0.25, 0.3) is 0 Å². The van der Waals surface area contributed by atoms with Crippen molar-refractivity contribution in [2.45, 2.75) is 25.3 Å². The lowest BCUT2D eigenvalue weighted by atomic mass is 9.92. The third-order valence-corrected chi connectivity index (χ3v) is 3.38. The molecular weight excluding hydrogens is 170 g/mol. The summed E-state index contributed by atoms with van der Waals surface area (Å²) in [4.78, 5) is 6.48. The van der Waals surface area contributed by atoms with E-state index >= 15 is 0 Å². The van der Waals surface area contributed by atoms with E-state index in [-0.39, 0.29) is 0 Å². The molecule has 4 heteroatoms. The fourth-order valence-electron chi connectivity index (χ4n) is 1.37. The van der Waals surface area contributed by atoms with Gasteiger partial charge in [-0.25, -0.2) is 4.98 Å². The molecule has 3 nitrogen and oxygen atoms in total. The predicted molar refractivity (Wildman–Crippen MR) is 52.6 cm³/mol. The summed E-state index contributed by atoms with van der Waals surface area (Å²) < 4.78 is 0. The first-order chi connectivity index (χ1) is 5.77. The van der Waals surface area contributed by atoms with Crippen LogP contribution in [0.1, 0.15) is 19.3 Å². The quantitative estimate of drug-likeness (QED) is 0.759. The van der Waals surface area contributed by atoms with Crippen LogP contribution in [-0.2, 0) is 0 Å². The van der Waals surface area contributed by atoms with Gasteiger partial charge in [0.15, 0.2) is 5.13 Å². The molecule has 0 unspecified atom stereocenters. The average molecular weight is 183 g/mol. The monoisotopic (exact) mass is 183 g/mol. The van der Waals surface area contributed by atoms with Gasteiger partial charge in [0.25, 0.3) is 0 Å². The van der Waals surface area contributed by atoms with Crippen LogP contribution < -0.4 is 10.6 Å². The van der Waals surface area contributed by atoms with E-state index in [0.29, 0.717) is 11.9 Å². The van der Waals surface area contributed by atoms with Gasteiger partial charge in [0.2, 0.25) is 0 Å². The van der Waals surface area contributed by atoms with E-state index in [4.69, 9.17) is 5.73 Å². The number of aromatic nitrogens is 1. The molecule has 1 saturated carbocycles. The number of anilines is 2. The Morgan fingerprint density at radius 3 is 2.83 bits per heavy atom. The predicted octanol–water partition coefficient (Wildman–Crippen LogP) is 1.71. The minimum absolute atomic E-state index is 0.640. The molecule has 12 heavy (non-hydrogen) atoms. The molecule has 66 valence electrons. The van der Waals surface area contributed by atoms with Gasteiger partial charge in [-0.3, -0.25) is 0 Å². The maximum atomic E-state index is 5.55. The second-order valence-electron chi connectivity index (χ2n) is 3.25. The van der Waals surface area contributed by atoms with Crippen LogP contribution in [0.3, 0.4) is 0 Å². The highest BCUT2D eigenvalue weighted by Crippen LogP contribution is 2.30. The Morgan fingerprint density at radius 1 is 1.67 bits per heavy atom. The third kappa shape index (κ3) is 1.27. The lowest BCUT2D eigenvalue weighted by Crippen LogP contribution is -2.36. The third-order valence-electron chi connectivity index (χ3n) is 2.43. The summed E-state index contributed by atoms with van der Waals surface area (Å²) in [5.74, 6) is 0.640. The molecular formula is C8H13N3S. The lowest BCUT2D eigenvalue weighted by molar-refractivity contribution is 0.401. The molecule has 1 aliphatic rings. The van der Waals surface area contributed by atoms with E-state index in [2.05, 4.69) is 16.9 Å². The zero-order chi connectivity index (χ0) is 8.55. The molecule has 0 saturated heterocycles. The van der Waals surface area contributed by atoms with Crippen molar-refractivity contribution in [1.29, 1.82) is 0 Å². The van der Waals surface area contributed by atoms with Gasteiger partial charge in [0, 0.05) is 18.5 Å². The second kappa shape index (κ2) is 2.94. The Morgan fingerprint density at radius 2 is 2.42 bits per heavy atom. The van der Waals surface area contributed by atoms with E-state index in [0.717, 1.165) is 5.13 Å². The van der Waals surface area contributed by atoms with Gasteiger partial charge in [0.1, 0.15) is 5.82 Å². The minimum Gasteiger partial charge on any atom is -0.383 e. The largest absolute Gasteiger partial charge is 0.383 e. The standard InChI is InChI=1S/C8H13N3S/c1-11(6-3-2-4-6)8-10-7(9)5-12-8/h5-6H,2-4,9H2,1H3. The first-order valence-electron chi connectivity index (χ1n) is 4.21. The van der Waals surface area contributed by atoms with Crippen molar-refractivity contribution in [2.24, 2.45) is 0 Å². The van der Waals surface area contributed by atoms with E-state index < -0.39 is 0 Å². The number of hydrogen-bond donors (Lipinski definition) is 1. The molecule has 0 aromatic carbocycles. The fraction of sp³-hybridized carbons (Fsp3) is 0.625. The minimum atomic E-state index is 0.640. The van der Waals surface area contributed by atoms with Gasteiger partial charge in [-0.1, -0.05) is 0 Å². The van der Waals surface area contributed by atoms with Crippen LogP contribution in [-0.4, -0.2) is 18.1 Å². The molecule has 0 bridgehead atoms. The summed E-state index contributed by atoms with van der Waals surface area (Å²) in [5, 5.41) is 2.95. The molecule has 0 atom stereocenters. The van der Waals surface area contributed by atoms with E-state index in [1.165, 1.54) is 19.3 Å². The van der Waals surface area contributed by atoms with Gasteiger partial charge in [-0.05, 0) is 19.3 Å². The van der Waals surface area contributed by atoms with Crippen LogP contribution in [0.4, 0.5) is 10.9 Å². The molecule has 1 aromatic heterocycles. The number of rotatable bonds is 2. The first kappa shape index (κ1) is 7.86. The molecule has 0 amide bonds. The SMILES string of the molecule is CN(c1nc(N)cs1)C1CCC1. The molecule has 2 rings (SSSR count). The van der Waals surface area contributed by atoms with Crippen molar-refractivity contribution < 1.29 is 0 Å². The van der Waals surface area contributed by atoms with Gasteiger partial charge < -0.3 is 10.6 Å². The van der Waals surface area contributed by atoms with Crippen LogP contribution in [0.15, 0.2) is 5.38 Å². The molecule has 1 aromatic rings. The fourth-order valence-corrected chi connectivity index (χ4v) is 2.12. The van der Waals surface area contributed by atoms with Gasteiger partial charge >= 0.3 is 0 Å². The number of hydrogen-bond acceptors (Lipinski definition) is 4. The summed E-state index contributed by atoms with van der Waals surface area (Å²) >= 11 is 1.63. The van der Waals surface area contributed by atoms with Crippen molar-refractivity contribution in [3.8, 4) is 0 Å². The Bertz CT molecular complexity index is 267. The van der Waals surface area contributed by atoms with Crippen LogP contribution >= 0.6 is 11.3 Å². The molecule has 1 fully saturated rings. The molecule has 1 aliphatic carbocycles. The highest BCUT2D eigenvalue weighted by molar-refractivity contribution is 7.14. The zero-order valence-corrected chi connectivity index (χ0v) is 7.97. The molecule has 2 N–H and O–H groups in total. The smallest absolute Gasteiger partial charge is 0.187 e. The highest BCUT2D eigenvalue weighted by Gasteiger charge is 2.23. The maximum Gasteiger partial charge on any atom is 0.187 e. The summed E-state index contributed by atoms with van der Waals surface area (Å²) in [6, 6.07) is 0.704. The molecule has 1 heterocycles. The number of thiazole rings is 1. The molecule has 0 spiro atoms. The number of nitrogens with zero attached hydrogens (tertiary/aromatic N) is 2. The molecule has 0 aliphatic heterocycles. The normalized spacial score (nSPS) is 17.4. The topological polar surface area (TPSA) is 42.2 Å². The van der Waals surface area contributed by atoms with E-state index in [9.17, 15) is 0 Å². The van der Waals surface area contributed by atoms with Crippen molar-refractivity contribution in [2.75, 3.05) is 17.7 Å². The zero-order valence-electron chi connectivity index (χ0n) is 7.16. The highest BCUT2D eigenvalue weighted by atomic mass is 32.1. The van der Waals surface area contributed by atoms with Crippen LogP contribution in [0.2, 0.25) is 0 Å². The average Bonchev–Trinajstić information content (AvgIpc) is 2.31. The van der Waals surface area contributed by atoms with E-state index in [1.807, 2.05) is 5.38 Å². The van der Waals surface area contributed by atoms with Crippen molar-refractivity contribution in [3.05, 3.63) is 5.38 Å². The Labute approximate surface area is 76.2 Å². The number of nitrogens with two attached hydrogens (primary N) is 1. The number of nitrogen functional groups attached to an aromatic ring is 1. The first-order valence-corrected chi connectivity index (χ1v) is 5.09. The van der Waals surface area contributed by atoms with Crippen LogP contribution in [0.5, 0.6) is 0 Å². The Balaban J connectivity index is 2.08. The van der Waals surface area contributed by atoms with Crippen molar-refractivity contribution >= 4 is 22.3 Å². The van der Waals surface area contributed by atoms with Gasteiger partial charge in [-0.15, -0.1) is 11.3 Å².